The highest BCUT2D eigenvalue weighted by molar-refractivity contribution is 5.33. The highest BCUT2D eigenvalue weighted by atomic mass is 16.3. The lowest BCUT2D eigenvalue weighted by Crippen LogP contribution is -2.59. The van der Waals surface area contributed by atoms with Crippen LogP contribution in [0.2, 0.25) is 0 Å². The van der Waals surface area contributed by atoms with Gasteiger partial charge in [-0.25, -0.2) is 0 Å². The van der Waals surface area contributed by atoms with Gasteiger partial charge in [0.05, 0.1) is 0 Å². The molecule has 2 heteroatoms. The zero-order valence-electron chi connectivity index (χ0n) is 10.2. The zero-order chi connectivity index (χ0) is 11.6. The molecule has 0 bridgehead atoms. The van der Waals surface area contributed by atoms with Gasteiger partial charge in [-0.1, -0.05) is 32.0 Å². The van der Waals surface area contributed by atoms with Crippen molar-refractivity contribution >= 4 is 0 Å². The topological polar surface area (TPSA) is 32.3 Å². The molecule has 2 N–H and O–H groups in total. The second-order valence-corrected chi connectivity index (χ2v) is 5.36. The molecule has 1 aliphatic rings. The molecule has 2 rings (SSSR count). The van der Waals surface area contributed by atoms with Gasteiger partial charge < -0.3 is 10.4 Å². The largest absolute Gasteiger partial charge is 0.508 e. The SMILES string of the molecule is CC(C)CC1(Cc2ccccc2O)CCN1. The van der Waals surface area contributed by atoms with Crippen LogP contribution in [0.1, 0.15) is 32.3 Å². The highest BCUT2D eigenvalue weighted by Gasteiger charge is 2.37. The van der Waals surface area contributed by atoms with Crippen molar-refractivity contribution in [3.05, 3.63) is 29.8 Å². The average Bonchev–Trinajstić information content (AvgIpc) is 2.17. The molecule has 1 heterocycles. The summed E-state index contributed by atoms with van der Waals surface area (Å²) in [4.78, 5) is 0. The zero-order valence-corrected chi connectivity index (χ0v) is 10.2. The lowest BCUT2D eigenvalue weighted by Gasteiger charge is -2.45. The molecule has 1 aromatic rings. The van der Waals surface area contributed by atoms with E-state index in [1.807, 2.05) is 18.2 Å². The maximum Gasteiger partial charge on any atom is 0.118 e. The van der Waals surface area contributed by atoms with E-state index in [1.165, 1.54) is 12.8 Å². The first-order valence-corrected chi connectivity index (χ1v) is 6.13. The first-order valence-electron chi connectivity index (χ1n) is 6.13. The summed E-state index contributed by atoms with van der Waals surface area (Å²) in [5.74, 6) is 1.12. The summed E-state index contributed by atoms with van der Waals surface area (Å²) in [7, 11) is 0. The number of benzene rings is 1. The minimum absolute atomic E-state index is 0.229. The maximum atomic E-state index is 9.80. The third-order valence-corrected chi connectivity index (χ3v) is 3.42. The Bertz CT molecular complexity index is 356. The molecule has 0 aromatic heterocycles. The van der Waals surface area contributed by atoms with Crippen LogP contribution in [-0.4, -0.2) is 17.2 Å². The monoisotopic (exact) mass is 219 g/mol. The van der Waals surface area contributed by atoms with Gasteiger partial charge in [0.25, 0.3) is 0 Å². The molecular weight excluding hydrogens is 198 g/mol. The van der Waals surface area contributed by atoms with E-state index in [1.54, 1.807) is 6.07 Å². The van der Waals surface area contributed by atoms with E-state index >= 15 is 0 Å². The lowest BCUT2D eigenvalue weighted by molar-refractivity contribution is 0.167. The molecule has 2 nitrogen and oxygen atoms in total. The van der Waals surface area contributed by atoms with Gasteiger partial charge >= 0.3 is 0 Å². The van der Waals surface area contributed by atoms with E-state index in [9.17, 15) is 5.11 Å². The normalized spacial score (nSPS) is 24.4. The summed E-state index contributed by atoms with van der Waals surface area (Å²) < 4.78 is 0. The van der Waals surface area contributed by atoms with Gasteiger partial charge in [0.15, 0.2) is 0 Å². The Balaban J connectivity index is 2.10. The number of phenolic OH excluding ortho intramolecular Hbond substituents is 1. The van der Waals surface area contributed by atoms with Crippen LogP contribution < -0.4 is 5.32 Å². The smallest absolute Gasteiger partial charge is 0.118 e. The molecule has 0 radical (unpaired) electrons. The third kappa shape index (κ3) is 2.38. The standard InChI is InChI=1S/C14H21NO/c1-11(2)9-14(7-8-15-14)10-12-5-3-4-6-13(12)16/h3-6,11,15-16H,7-10H2,1-2H3. The molecule has 88 valence electrons. The second kappa shape index (κ2) is 4.46. The summed E-state index contributed by atoms with van der Waals surface area (Å²) in [6.45, 7) is 5.62. The fraction of sp³-hybridized carbons (Fsp3) is 0.571. The van der Waals surface area contributed by atoms with Crippen molar-refractivity contribution in [1.82, 2.24) is 5.32 Å². The Morgan fingerprint density at radius 1 is 1.38 bits per heavy atom. The Morgan fingerprint density at radius 2 is 2.06 bits per heavy atom. The van der Waals surface area contributed by atoms with Crippen molar-refractivity contribution in [3.8, 4) is 5.75 Å². The van der Waals surface area contributed by atoms with Gasteiger partial charge in [-0.15, -0.1) is 0 Å². The van der Waals surface area contributed by atoms with Crippen LogP contribution >= 0.6 is 0 Å². The Morgan fingerprint density at radius 3 is 2.56 bits per heavy atom. The van der Waals surface area contributed by atoms with Crippen LogP contribution in [0.5, 0.6) is 5.75 Å². The van der Waals surface area contributed by atoms with Crippen molar-refractivity contribution < 1.29 is 5.11 Å². The van der Waals surface area contributed by atoms with Crippen molar-refractivity contribution in [3.63, 3.8) is 0 Å². The number of para-hydroxylation sites is 1. The average molecular weight is 219 g/mol. The van der Waals surface area contributed by atoms with Gasteiger partial charge in [-0.2, -0.15) is 0 Å². The molecule has 1 aliphatic heterocycles. The van der Waals surface area contributed by atoms with Crippen molar-refractivity contribution in [2.45, 2.75) is 38.6 Å². The van der Waals surface area contributed by atoms with Crippen LogP contribution in [0, 0.1) is 5.92 Å². The fourth-order valence-electron chi connectivity index (χ4n) is 2.68. The van der Waals surface area contributed by atoms with Gasteiger partial charge in [0.2, 0.25) is 0 Å². The number of rotatable bonds is 4. The number of hydrogen-bond acceptors (Lipinski definition) is 2. The quantitative estimate of drug-likeness (QED) is 0.816. The van der Waals surface area contributed by atoms with Crippen LogP contribution in [0.25, 0.3) is 0 Å². The minimum Gasteiger partial charge on any atom is -0.508 e. The van der Waals surface area contributed by atoms with E-state index in [0.29, 0.717) is 11.7 Å². The van der Waals surface area contributed by atoms with Gasteiger partial charge in [0.1, 0.15) is 5.75 Å². The van der Waals surface area contributed by atoms with Crippen molar-refractivity contribution in [1.29, 1.82) is 0 Å². The first kappa shape index (κ1) is 11.5. The molecule has 0 amide bonds. The van der Waals surface area contributed by atoms with Gasteiger partial charge in [-0.05, 0) is 43.4 Å². The summed E-state index contributed by atoms with van der Waals surface area (Å²) >= 11 is 0. The molecule has 1 atom stereocenters. The molecule has 16 heavy (non-hydrogen) atoms. The molecule has 0 aliphatic carbocycles. The second-order valence-electron chi connectivity index (χ2n) is 5.36. The first-order chi connectivity index (χ1) is 7.61. The van der Waals surface area contributed by atoms with E-state index in [-0.39, 0.29) is 5.54 Å². The molecule has 1 fully saturated rings. The molecule has 0 spiro atoms. The number of nitrogens with one attached hydrogen (secondary N) is 1. The summed E-state index contributed by atoms with van der Waals surface area (Å²) in [6, 6.07) is 7.67. The Hall–Kier alpha value is -1.02. The predicted octanol–water partition coefficient (Wildman–Crippen LogP) is 2.71. The Kier molecular flexibility index (Phi) is 3.20. The molecule has 1 aromatic carbocycles. The van der Waals surface area contributed by atoms with Gasteiger partial charge in [-0.3, -0.25) is 0 Å². The van der Waals surface area contributed by atoms with Crippen LogP contribution in [0.15, 0.2) is 24.3 Å². The number of phenols is 1. The lowest BCUT2D eigenvalue weighted by atomic mass is 9.76. The summed E-state index contributed by atoms with van der Waals surface area (Å²) in [6.07, 6.45) is 3.35. The van der Waals surface area contributed by atoms with E-state index in [0.717, 1.165) is 18.5 Å². The maximum absolute atomic E-state index is 9.80. The Labute approximate surface area is 97.7 Å². The molecule has 1 saturated heterocycles. The molecule has 1 unspecified atom stereocenters. The predicted molar refractivity (Wildman–Crippen MR) is 66.6 cm³/mol. The number of hydrogen-bond donors (Lipinski definition) is 2. The van der Waals surface area contributed by atoms with Gasteiger partial charge in [0, 0.05) is 5.54 Å². The van der Waals surface area contributed by atoms with E-state index in [2.05, 4.69) is 19.2 Å². The van der Waals surface area contributed by atoms with Crippen molar-refractivity contribution in [2.75, 3.05) is 6.54 Å². The fourth-order valence-corrected chi connectivity index (χ4v) is 2.68. The van der Waals surface area contributed by atoms with Crippen LogP contribution in [0.3, 0.4) is 0 Å². The van der Waals surface area contributed by atoms with E-state index < -0.39 is 0 Å². The highest BCUT2D eigenvalue weighted by Crippen LogP contribution is 2.33. The van der Waals surface area contributed by atoms with Crippen LogP contribution in [0.4, 0.5) is 0 Å². The third-order valence-electron chi connectivity index (χ3n) is 3.42. The molecule has 0 saturated carbocycles. The van der Waals surface area contributed by atoms with Crippen molar-refractivity contribution in [2.24, 2.45) is 5.92 Å². The number of aromatic hydroxyl groups is 1. The van der Waals surface area contributed by atoms with E-state index in [4.69, 9.17) is 0 Å². The summed E-state index contributed by atoms with van der Waals surface area (Å²) in [5, 5.41) is 13.4. The minimum atomic E-state index is 0.229. The summed E-state index contributed by atoms with van der Waals surface area (Å²) in [5.41, 5.74) is 1.29. The van der Waals surface area contributed by atoms with Crippen LogP contribution in [-0.2, 0) is 6.42 Å². The molecular formula is C14H21NO.